The highest BCUT2D eigenvalue weighted by molar-refractivity contribution is 5.81. The van der Waals surface area contributed by atoms with E-state index >= 15 is 0 Å². The Morgan fingerprint density at radius 1 is 1.26 bits per heavy atom. The van der Waals surface area contributed by atoms with Gasteiger partial charge in [-0.05, 0) is 44.4 Å². The summed E-state index contributed by atoms with van der Waals surface area (Å²) < 4.78 is 42.1. The van der Waals surface area contributed by atoms with E-state index in [9.17, 15) is 18.0 Å². The number of carbonyl (C=O) groups excluding carboxylic acids is 1. The predicted octanol–water partition coefficient (Wildman–Crippen LogP) is 4.29. The van der Waals surface area contributed by atoms with Crippen LogP contribution in [0.15, 0.2) is 6.07 Å². The molecule has 1 saturated heterocycles. The van der Waals surface area contributed by atoms with Crippen molar-refractivity contribution in [3.63, 3.8) is 0 Å². The molecule has 3 aliphatic rings. The van der Waals surface area contributed by atoms with E-state index in [0.717, 1.165) is 36.8 Å². The topological polar surface area (TPSA) is 50.2 Å². The number of nitrogens with one attached hydrogen (secondary N) is 1. The van der Waals surface area contributed by atoms with Gasteiger partial charge in [0.1, 0.15) is 5.82 Å². The van der Waals surface area contributed by atoms with Crippen LogP contribution in [0.1, 0.15) is 70.2 Å². The molecule has 4 rings (SSSR count). The zero-order valence-electron chi connectivity index (χ0n) is 15.8. The van der Waals surface area contributed by atoms with Crippen molar-refractivity contribution in [2.45, 2.75) is 76.7 Å². The molecule has 2 aliphatic heterocycles. The summed E-state index contributed by atoms with van der Waals surface area (Å²) in [6.07, 6.45) is 0.158. The summed E-state index contributed by atoms with van der Waals surface area (Å²) in [5.41, 5.74) is 0.588. The van der Waals surface area contributed by atoms with Crippen LogP contribution in [0.2, 0.25) is 0 Å². The third kappa shape index (κ3) is 3.55. The Hall–Kier alpha value is -1.73. The lowest BCUT2D eigenvalue weighted by atomic mass is 9.94. The number of aromatic nitrogens is 2. The van der Waals surface area contributed by atoms with Gasteiger partial charge in [0.25, 0.3) is 0 Å². The molecule has 3 unspecified atom stereocenters. The molecule has 1 aromatic rings. The molecule has 150 valence electrons. The number of carbonyl (C=O) groups is 1. The first-order chi connectivity index (χ1) is 12.8. The van der Waals surface area contributed by atoms with Gasteiger partial charge in [0, 0.05) is 24.6 Å². The fraction of sp³-hybridized carbons (Fsp3) is 0.789. The summed E-state index contributed by atoms with van der Waals surface area (Å²) in [6.45, 7) is 4.53. The van der Waals surface area contributed by atoms with Gasteiger partial charge in [0.15, 0.2) is 6.04 Å². The molecule has 0 bridgehead atoms. The highest BCUT2D eigenvalue weighted by Gasteiger charge is 2.47. The van der Waals surface area contributed by atoms with Gasteiger partial charge in [-0.1, -0.05) is 13.8 Å². The van der Waals surface area contributed by atoms with E-state index in [2.05, 4.69) is 10.4 Å². The fourth-order valence-electron chi connectivity index (χ4n) is 4.29. The molecule has 27 heavy (non-hydrogen) atoms. The van der Waals surface area contributed by atoms with Crippen LogP contribution in [0.3, 0.4) is 0 Å². The van der Waals surface area contributed by atoms with Gasteiger partial charge in [-0.25, -0.2) is 4.68 Å². The Bertz CT molecular complexity index is 710. The molecule has 1 saturated carbocycles. The number of nitrogens with zero attached hydrogens (tertiary/aromatic N) is 3. The number of anilines is 1. The van der Waals surface area contributed by atoms with Crippen LogP contribution in [-0.4, -0.2) is 39.4 Å². The van der Waals surface area contributed by atoms with Crippen molar-refractivity contribution in [2.24, 2.45) is 11.8 Å². The average Bonchev–Trinajstić information content (AvgIpc) is 3.38. The lowest BCUT2D eigenvalue weighted by Crippen LogP contribution is -2.41. The maximum absolute atomic E-state index is 13.7. The summed E-state index contributed by atoms with van der Waals surface area (Å²) in [5.74, 6) is 0.756. The zero-order valence-corrected chi connectivity index (χ0v) is 15.8. The number of fused-ring (bicyclic) bond motifs is 1. The maximum atomic E-state index is 13.7. The molecule has 3 atom stereocenters. The van der Waals surface area contributed by atoms with Gasteiger partial charge >= 0.3 is 6.18 Å². The summed E-state index contributed by atoms with van der Waals surface area (Å²) >= 11 is 0. The van der Waals surface area contributed by atoms with Crippen molar-refractivity contribution in [1.82, 2.24) is 14.7 Å². The first-order valence-electron chi connectivity index (χ1n) is 9.99. The van der Waals surface area contributed by atoms with E-state index in [1.807, 2.05) is 18.7 Å². The van der Waals surface area contributed by atoms with Crippen LogP contribution in [0.4, 0.5) is 19.0 Å². The first-order valence-corrected chi connectivity index (χ1v) is 9.99. The number of piperidine rings is 1. The smallest absolute Gasteiger partial charge is 0.367 e. The van der Waals surface area contributed by atoms with Gasteiger partial charge in [0.05, 0.1) is 11.7 Å². The summed E-state index contributed by atoms with van der Waals surface area (Å²) in [6, 6.07) is -0.343. The minimum atomic E-state index is -4.34. The van der Waals surface area contributed by atoms with Crippen LogP contribution in [0.5, 0.6) is 0 Å². The standard InChI is InChI=1S/C19H27F3N4O/c1-11(2)13-9-16(19(20,21)22)26-17(23-13)10-14(24-26)15-5-3-4-8-25(15)18(27)12-6-7-12/h10-13,15-16,23H,3-9H2,1-2H3. The van der Waals surface area contributed by atoms with Crippen molar-refractivity contribution in [1.29, 1.82) is 0 Å². The monoisotopic (exact) mass is 384 g/mol. The SMILES string of the molecule is CC(C)C1CC(C(F)(F)F)n2nc(C3CCCCN3C(=O)C3CC3)cc2N1. The third-order valence-electron chi connectivity index (χ3n) is 6.10. The molecule has 5 nitrogen and oxygen atoms in total. The van der Waals surface area contributed by atoms with Gasteiger partial charge < -0.3 is 10.2 Å². The largest absolute Gasteiger partial charge is 0.410 e. The van der Waals surface area contributed by atoms with Crippen LogP contribution < -0.4 is 5.32 Å². The number of likely N-dealkylation sites (tertiary alicyclic amines) is 1. The lowest BCUT2D eigenvalue weighted by molar-refractivity contribution is -0.174. The predicted molar refractivity (Wildman–Crippen MR) is 95.2 cm³/mol. The van der Waals surface area contributed by atoms with Crippen molar-refractivity contribution in [3.05, 3.63) is 11.8 Å². The van der Waals surface area contributed by atoms with Gasteiger partial charge in [-0.2, -0.15) is 18.3 Å². The zero-order chi connectivity index (χ0) is 19.3. The molecule has 1 N–H and O–H groups in total. The van der Waals surface area contributed by atoms with Gasteiger partial charge in [-0.3, -0.25) is 4.79 Å². The summed E-state index contributed by atoms with van der Waals surface area (Å²) in [4.78, 5) is 14.5. The molecule has 1 amide bonds. The molecular formula is C19H27F3N4O. The fourth-order valence-corrected chi connectivity index (χ4v) is 4.29. The Morgan fingerprint density at radius 2 is 2.00 bits per heavy atom. The molecule has 0 radical (unpaired) electrons. The molecule has 0 spiro atoms. The minimum Gasteiger partial charge on any atom is -0.367 e. The van der Waals surface area contributed by atoms with E-state index in [0.29, 0.717) is 18.1 Å². The second-order valence-electron chi connectivity index (χ2n) is 8.50. The van der Waals surface area contributed by atoms with Crippen LogP contribution in [-0.2, 0) is 4.79 Å². The Kier molecular flexibility index (Phi) is 4.63. The van der Waals surface area contributed by atoms with Crippen molar-refractivity contribution < 1.29 is 18.0 Å². The van der Waals surface area contributed by atoms with Gasteiger partial charge in [0.2, 0.25) is 5.91 Å². The normalized spacial score (nSPS) is 28.8. The Morgan fingerprint density at radius 3 is 2.63 bits per heavy atom. The number of alkyl halides is 3. The maximum Gasteiger partial charge on any atom is 0.410 e. The van der Waals surface area contributed by atoms with E-state index < -0.39 is 12.2 Å². The van der Waals surface area contributed by atoms with E-state index in [4.69, 9.17) is 0 Å². The molecule has 0 aromatic carbocycles. The molecule has 2 fully saturated rings. The third-order valence-corrected chi connectivity index (χ3v) is 6.10. The average molecular weight is 384 g/mol. The highest BCUT2D eigenvalue weighted by atomic mass is 19.4. The highest BCUT2D eigenvalue weighted by Crippen LogP contribution is 2.43. The van der Waals surface area contributed by atoms with Crippen molar-refractivity contribution >= 4 is 11.7 Å². The number of halogens is 3. The van der Waals surface area contributed by atoms with E-state index in [1.54, 1.807) is 6.07 Å². The van der Waals surface area contributed by atoms with Crippen molar-refractivity contribution in [3.8, 4) is 0 Å². The molecule has 1 aliphatic carbocycles. The summed E-state index contributed by atoms with van der Waals surface area (Å²) in [5, 5.41) is 7.60. The van der Waals surface area contributed by atoms with E-state index in [1.165, 1.54) is 0 Å². The van der Waals surface area contributed by atoms with Crippen LogP contribution in [0, 0.1) is 11.8 Å². The molecule has 3 heterocycles. The summed E-state index contributed by atoms with van der Waals surface area (Å²) in [7, 11) is 0. The molecular weight excluding hydrogens is 357 g/mol. The van der Waals surface area contributed by atoms with Gasteiger partial charge in [-0.15, -0.1) is 0 Å². The quantitative estimate of drug-likeness (QED) is 0.846. The second kappa shape index (κ2) is 6.71. The van der Waals surface area contributed by atoms with Crippen LogP contribution in [0.25, 0.3) is 0 Å². The first kappa shape index (κ1) is 18.6. The van der Waals surface area contributed by atoms with E-state index in [-0.39, 0.29) is 36.2 Å². The molecule has 8 heteroatoms. The number of hydrogen-bond donors (Lipinski definition) is 1. The number of rotatable bonds is 3. The minimum absolute atomic E-state index is 0.0231. The Labute approximate surface area is 157 Å². The van der Waals surface area contributed by atoms with Crippen LogP contribution >= 0.6 is 0 Å². The second-order valence-corrected chi connectivity index (χ2v) is 8.50. The number of hydrogen-bond acceptors (Lipinski definition) is 3. The number of amides is 1. The lowest BCUT2D eigenvalue weighted by Gasteiger charge is -2.35. The van der Waals surface area contributed by atoms with Crippen molar-refractivity contribution in [2.75, 3.05) is 11.9 Å². The Balaban J connectivity index is 1.66. The molecule has 1 aromatic heterocycles.